The number of hydrogen-bond acceptors (Lipinski definition) is 4. The van der Waals surface area contributed by atoms with Crippen LogP contribution in [0, 0.1) is 0 Å². The van der Waals surface area contributed by atoms with Crippen molar-refractivity contribution in [2.75, 3.05) is 20.2 Å². The molecule has 0 saturated heterocycles. The Bertz CT molecular complexity index is 665. The molecule has 0 unspecified atom stereocenters. The van der Waals surface area contributed by atoms with Gasteiger partial charge < -0.3 is 14.1 Å². The number of carbonyl (C=O) groups is 2. The lowest BCUT2D eigenvalue weighted by Gasteiger charge is -2.14. The summed E-state index contributed by atoms with van der Waals surface area (Å²) in [5.74, 6) is -0.324. The van der Waals surface area contributed by atoms with Gasteiger partial charge in [-0.05, 0) is 35.0 Å². The smallest absolute Gasteiger partial charge is 0.307 e. The third-order valence-electron chi connectivity index (χ3n) is 3.01. The van der Waals surface area contributed by atoms with Crippen LogP contribution in [0.5, 0.6) is 0 Å². The maximum absolute atomic E-state index is 12.3. The molecule has 0 aliphatic rings. The highest BCUT2D eigenvalue weighted by molar-refractivity contribution is 9.10. The largest absolute Gasteiger partial charge is 0.466 e. The first-order chi connectivity index (χ1) is 10.0. The standard InChI is InChI=1S/C15H16BrNO4/c1-3-20-13(18)7-8-17(2)15(19)12-9-10-5-4-6-11(16)14(10)21-12/h4-6,9H,3,7-8H2,1-2H3. The SMILES string of the molecule is CCOC(=O)CCN(C)C(=O)c1cc2cccc(Br)c2o1. The van der Waals surface area contributed by atoms with E-state index in [1.165, 1.54) is 4.90 Å². The first-order valence-electron chi connectivity index (χ1n) is 6.62. The number of para-hydroxylation sites is 1. The number of ether oxygens (including phenoxy) is 1. The van der Waals surface area contributed by atoms with Crippen LogP contribution in [0.15, 0.2) is 33.2 Å². The van der Waals surface area contributed by atoms with Gasteiger partial charge in [-0.2, -0.15) is 0 Å². The lowest BCUT2D eigenvalue weighted by Crippen LogP contribution is -2.29. The summed E-state index contributed by atoms with van der Waals surface area (Å²) in [4.78, 5) is 25.0. The molecule has 5 nitrogen and oxygen atoms in total. The van der Waals surface area contributed by atoms with Crippen molar-refractivity contribution in [3.63, 3.8) is 0 Å². The number of furan rings is 1. The van der Waals surface area contributed by atoms with Gasteiger partial charge in [-0.25, -0.2) is 0 Å². The molecule has 1 aromatic carbocycles. The number of benzene rings is 1. The summed E-state index contributed by atoms with van der Waals surface area (Å²) >= 11 is 3.38. The van der Waals surface area contributed by atoms with Crippen molar-refractivity contribution in [3.8, 4) is 0 Å². The van der Waals surface area contributed by atoms with Crippen LogP contribution in [0.3, 0.4) is 0 Å². The van der Waals surface area contributed by atoms with E-state index >= 15 is 0 Å². The van der Waals surface area contributed by atoms with E-state index in [0.717, 1.165) is 9.86 Å². The van der Waals surface area contributed by atoms with Crippen molar-refractivity contribution in [2.24, 2.45) is 0 Å². The van der Waals surface area contributed by atoms with Crippen molar-refractivity contribution in [2.45, 2.75) is 13.3 Å². The molecular formula is C15H16BrNO4. The van der Waals surface area contributed by atoms with E-state index < -0.39 is 0 Å². The molecule has 1 heterocycles. The van der Waals surface area contributed by atoms with E-state index in [1.807, 2.05) is 18.2 Å². The van der Waals surface area contributed by atoms with Crippen LogP contribution in [0.2, 0.25) is 0 Å². The minimum atomic E-state index is -0.315. The van der Waals surface area contributed by atoms with Crippen LogP contribution in [0.25, 0.3) is 11.0 Å². The Morgan fingerprint density at radius 2 is 2.14 bits per heavy atom. The molecule has 2 rings (SSSR count). The fourth-order valence-corrected chi connectivity index (χ4v) is 2.38. The van der Waals surface area contributed by atoms with E-state index in [1.54, 1.807) is 20.0 Å². The summed E-state index contributed by atoms with van der Waals surface area (Å²) in [6, 6.07) is 7.30. The van der Waals surface area contributed by atoms with Crippen LogP contribution < -0.4 is 0 Å². The average molecular weight is 354 g/mol. The molecule has 1 amide bonds. The molecule has 0 aliphatic heterocycles. The molecule has 1 aromatic heterocycles. The maximum atomic E-state index is 12.3. The van der Waals surface area contributed by atoms with Gasteiger partial charge in [-0.1, -0.05) is 12.1 Å². The number of carbonyl (C=O) groups excluding carboxylic acids is 2. The van der Waals surface area contributed by atoms with Crippen LogP contribution >= 0.6 is 15.9 Å². The molecular weight excluding hydrogens is 338 g/mol. The third-order valence-corrected chi connectivity index (χ3v) is 3.63. The fourth-order valence-electron chi connectivity index (χ4n) is 1.91. The Morgan fingerprint density at radius 3 is 2.81 bits per heavy atom. The number of esters is 1. The zero-order valence-electron chi connectivity index (χ0n) is 11.9. The molecule has 112 valence electrons. The van der Waals surface area contributed by atoms with Gasteiger partial charge >= 0.3 is 5.97 Å². The lowest BCUT2D eigenvalue weighted by atomic mass is 10.2. The van der Waals surface area contributed by atoms with E-state index in [2.05, 4.69) is 15.9 Å². The van der Waals surface area contributed by atoms with Gasteiger partial charge in [0, 0.05) is 19.0 Å². The monoisotopic (exact) mass is 353 g/mol. The first kappa shape index (κ1) is 15.6. The van der Waals surface area contributed by atoms with Gasteiger partial charge in [0.15, 0.2) is 5.76 Å². The van der Waals surface area contributed by atoms with Gasteiger partial charge in [-0.3, -0.25) is 9.59 Å². The molecule has 2 aromatic rings. The molecule has 0 radical (unpaired) electrons. The third kappa shape index (κ3) is 3.64. The summed E-state index contributed by atoms with van der Waals surface area (Å²) in [6.07, 6.45) is 0.167. The number of fused-ring (bicyclic) bond motifs is 1. The fraction of sp³-hybridized carbons (Fsp3) is 0.333. The summed E-state index contributed by atoms with van der Waals surface area (Å²) in [6.45, 7) is 2.38. The summed E-state index contributed by atoms with van der Waals surface area (Å²) < 4.78 is 11.2. The minimum Gasteiger partial charge on any atom is -0.466 e. The lowest BCUT2D eigenvalue weighted by molar-refractivity contribution is -0.143. The molecule has 0 aliphatic carbocycles. The molecule has 6 heteroatoms. The van der Waals surface area contributed by atoms with Gasteiger partial charge in [0.2, 0.25) is 0 Å². The Kier molecular flexibility index (Phi) is 5.01. The van der Waals surface area contributed by atoms with Crippen LogP contribution in [0.4, 0.5) is 0 Å². The van der Waals surface area contributed by atoms with Crippen LogP contribution in [0.1, 0.15) is 23.9 Å². The molecule has 21 heavy (non-hydrogen) atoms. The Hall–Kier alpha value is -1.82. The topological polar surface area (TPSA) is 59.8 Å². The highest BCUT2D eigenvalue weighted by Crippen LogP contribution is 2.27. The van der Waals surface area contributed by atoms with Crippen molar-refractivity contribution in [1.82, 2.24) is 4.90 Å². The van der Waals surface area contributed by atoms with Crippen LogP contribution in [-0.2, 0) is 9.53 Å². The van der Waals surface area contributed by atoms with Crippen molar-refractivity contribution in [3.05, 3.63) is 34.5 Å². The van der Waals surface area contributed by atoms with Gasteiger partial charge in [0.05, 0.1) is 17.5 Å². The molecule has 0 fully saturated rings. The maximum Gasteiger partial charge on any atom is 0.307 e. The number of rotatable bonds is 5. The van der Waals surface area contributed by atoms with E-state index in [4.69, 9.17) is 9.15 Å². The quantitative estimate of drug-likeness (QED) is 0.774. The van der Waals surface area contributed by atoms with Crippen LogP contribution in [-0.4, -0.2) is 37.0 Å². The van der Waals surface area contributed by atoms with Crippen molar-refractivity contribution >= 4 is 38.8 Å². The Morgan fingerprint density at radius 1 is 1.38 bits per heavy atom. The van der Waals surface area contributed by atoms with Gasteiger partial charge in [0.25, 0.3) is 5.91 Å². The zero-order chi connectivity index (χ0) is 15.4. The number of halogens is 1. The number of amides is 1. The van der Waals surface area contributed by atoms with E-state index in [0.29, 0.717) is 12.2 Å². The summed E-state index contributed by atoms with van der Waals surface area (Å²) in [7, 11) is 1.63. The van der Waals surface area contributed by atoms with Gasteiger partial charge in [-0.15, -0.1) is 0 Å². The average Bonchev–Trinajstić information content (AvgIpc) is 2.90. The van der Waals surface area contributed by atoms with Crippen molar-refractivity contribution in [1.29, 1.82) is 0 Å². The predicted molar refractivity (Wildman–Crippen MR) is 82.1 cm³/mol. The van der Waals surface area contributed by atoms with E-state index in [9.17, 15) is 9.59 Å². The van der Waals surface area contributed by atoms with Gasteiger partial charge in [0.1, 0.15) is 5.58 Å². The predicted octanol–water partition coefficient (Wildman–Crippen LogP) is 3.22. The second-order valence-corrected chi connectivity index (χ2v) is 5.40. The molecule has 0 atom stereocenters. The number of hydrogen-bond donors (Lipinski definition) is 0. The molecule has 0 spiro atoms. The highest BCUT2D eigenvalue weighted by Gasteiger charge is 2.18. The van der Waals surface area contributed by atoms with E-state index in [-0.39, 0.29) is 30.6 Å². The Labute approximate surface area is 131 Å². The van der Waals surface area contributed by atoms with Crippen molar-refractivity contribution < 1.29 is 18.7 Å². The molecule has 0 N–H and O–H groups in total. The normalized spacial score (nSPS) is 10.6. The molecule has 0 saturated carbocycles. The summed E-state index contributed by atoms with van der Waals surface area (Å²) in [5.41, 5.74) is 0.639. The summed E-state index contributed by atoms with van der Waals surface area (Å²) in [5, 5.41) is 0.853. The second-order valence-electron chi connectivity index (χ2n) is 4.55. The minimum absolute atomic E-state index is 0.167. The Balaban J connectivity index is 2.07. The number of nitrogens with zero attached hydrogens (tertiary/aromatic N) is 1. The second kappa shape index (κ2) is 6.76. The first-order valence-corrected chi connectivity index (χ1v) is 7.41. The zero-order valence-corrected chi connectivity index (χ0v) is 13.5. The highest BCUT2D eigenvalue weighted by atomic mass is 79.9. The molecule has 0 bridgehead atoms.